The first kappa shape index (κ1) is 18.4. The highest BCUT2D eigenvalue weighted by molar-refractivity contribution is 7.87. The number of carbonyl (C=O) groups is 1. The van der Waals surface area contributed by atoms with E-state index >= 15 is 0 Å². The van der Waals surface area contributed by atoms with Crippen molar-refractivity contribution >= 4 is 22.1 Å². The molecule has 0 aliphatic carbocycles. The molecule has 0 radical (unpaired) electrons. The third-order valence-electron chi connectivity index (χ3n) is 2.12. The molecule has 1 amide bonds. The van der Waals surface area contributed by atoms with Gasteiger partial charge in [0, 0.05) is 26.6 Å². The predicted molar refractivity (Wildman–Crippen MR) is 70.6 cm³/mol. The summed E-state index contributed by atoms with van der Waals surface area (Å²) >= 11 is 0. The van der Waals surface area contributed by atoms with E-state index in [2.05, 4.69) is 9.89 Å². The molecule has 0 aliphatic heterocycles. The molecule has 0 saturated carbocycles. The van der Waals surface area contributed by atoms with Crippen molar-refractivity contribution in [1.29, 1.82) is 0 Å². The van der Waals surface area contributed by atoms with Crippen molar-refractivity contribution in [1.82, 2.24) is 9.03 Å². The van der Waals surface area contributed by atoms with Crippen LogP contribution in [0, 0.1) is 0 Å². The van der Waals surface area contributed by atoms with Crippen molar-refractivity contribution in [3.8, 4) is 0 Å². The van der Waals surface area contributed by atoms with E-state index in [4.69, 9.17) is 15.7 Å². The highest BCUT2D eigenvalue weighted by Gasteiger charge is 2.24. The number of amides is 1. The van der Waals surface area contributed by atoms with Crippen LogP contribution in [0.25, 0.3) is 0 Å². The number of oxime groups is 1. The number of ether oxygens (including phenoxy) is 2. The molecule has 0 aromatic heterocycles. The average molecular weight is 312 g/mol. The number of carbonyl (C=O) groups excluding carboxylic acids is 1. The van der Waals surface area contributed by atoms with Gasteiger partial charge in [-0.3, -0.25) is 0 Å². The summed E-state index contributed by atoms with van der Waals surface area (Å²) in [5.41, 5.74) is 5.28. The van der Waals surface area contributed by atoms with Crippen LogP contribution in [-0.2, 0) is 19.7 Å². The summed E-state index contributed by atoms with van der Waals surface area (Å²) in [6, 6.07) is 0. The molecule has 0 spiro atoms. The molecular weight excluding hydrogens is 292 g/mol. The Morgan fingerprint density at radius 2 is 2.10 bits per heavy atom. The van der Waals surface area contributed by atoms with Gasteiger partial charge in [0.15, 0.2) is 0 Å². The lowest BCUT2D eigenvalue weighted by Gasteiger charge is -2.21. The SMILES string of the molecule is CCOC(=O)NS(=O)(=O)N(CCOC)CCC(N)=NO. The monoisotopic (exact) mass is 312 g/mol. The second kappa shape index (κ2) is 9.34. The number of methoxy groups -OCH3 is 1. The predicted octanol–water partition coefficient (Wildman–Crippen LogP) is -0.938. The molecule has 0 heterocycles. The average Bonchev–Trinajstić information content (AvgIpc) is 2.37. The fourth-order valence-electron chi connectivity index (χ4n) is 1.16. The zero-order valence-corrected chi connectivity index (χ0v) is 12.2. The summed E-state index contributed by atoms with van der Waals surface area (Å²) in [7, 11) is -2.67. The van der Waals surface area contributed by atoms with E-state index < -0.39 is 16.3 Å². The molecule has 0 atom stereocenters. The molecule has 4 N–H and O–H groups in total. The molecule has 0 fully saturated rings. The Labute approximate surface area is 117 Å². The number of nitrogens with one attached hydrogen (secondary N) is 1. The molecule has 0 aromatic rings. The van der Waals surface area contributed by atoms with E-state index in [-0.39, 0.29) is 38.6 Å². The van der Waals surface area contributed by atoms with E-state index in [1.54, 1.807) is 11.6 Å². The fourth-order valence-corrected chi connectivity index (χ4v) is 2.21. The third-order valence-corrected chi connectivity index (χ3v) is 3.59. The Bertz CT molecular complexity index is 424. The first-order valence-electron chi connectivity index (χ1n) is 5.77. The minimum atomic E-state index is -4.08. The van der Waals surface area contributed by atoms with Gasteiger partial charge in [-0.1, -0.05) is 5.16 Å². The van der Waals surface area contributed by atoms with Crippen LogP contribution >= 0.6 is 0 Å². The Hall–Kier alpha value is -1.59. The molecule has 11 heteroatoms. The van der Waals surface area contributed by atoms with Gasteiger partial charge in [-0.15, -0.1) is 0 Å². The lowest BCUT2D eigenvalue weighted by molar-refractivity contribution is 0.156. The highest BCUT2D eigenvalue weighted by atomic mass is 32.2. The molecule has 0 bridgehead atoms. The molecule has 20 heavy (non-hydrogen) atoms. The Morgan fingerprint density at radius 3 is 2.60 bits per heavy atom. The van der Waals surface area contributed by atoms with Gasteiger partial charge >= 0.3 is 16.3 Å². The fraction of sp³-hybridized carbons (Fsp3) is 0.778. The van der Waals surface area contributed by atoms with Gasteiger partial charge in [0.25, 0.3) is 0 Å². The summed E-state index contributed by atoms with van der Waals surface area (Å²) in [6.45, 7) is 1.65. The molecule has 0 saturated heterocycles. The van der Waals surface area contributed by atoms with Crippen LogP contribution in [0.15, 0.2) is 5.16 Å². The first-order valence-corrected chi connectivity index (χ1v) is 7.21. The third kappa shape index (κ3) is 7.11. The molecule has 0 aliphatic rings. The van der Waals surface area contributed by atoms with Gasteiger partial charge in [-0.2, -0.15) is 12.7 Å². The largest absolute Gasteiger partial charge is 0.449 e. The smallest absolute Gasteiger partial charge is 0.421 e. The number of hydrogen-bond donors (Lipinski definition) is 3. The normalized spacial score (nSPS) is 12.4. The van der Waals surface area contributed by atoms with Crippen LogP contribution in [0.3, 0.4) is 0 Å². The summed E-state index contributed by atoms with van der Waals surface area (Å²) in [5.74, 6) is -0.126. The van der Waals surface area contributed by atoms with Crippen LogP contribution in [0.2, 0.25) is 0 Å². The Kier molecular flexibility index (Phi) is 8.59. The van der Waals surface area contributed by atoms with Crippen LogP contribution < -0.4 is 10.5 Å². The van der Waals surface area contributed by atoms with Gasteiger partial charge in [0.05, 0.1) is 13.2 Å². The van der Waals surface area contributed by atoms with E-state index in [1.165, 1.54) is 7.11 Å². The van der Waals surface area contributed by atoms with Crippen molar-refractivity contribution in [2.24, 2.45) is 10.9 Å². The topological polar surface area (TPSA) is 144 Å². The maximum Gasteiger partial charge on any atom is 0.421 e. The van der Waals surface area contributed by atoms with Gasteiger partial charge in [0.2, 0.25) is 0 Å². The number of nitrogens with two attached hydrogens (primary N) is 1. The summed E-state index contributed by atoms with van der Waals surface area (Å²) in [5, 5.41) is 11.2. The van der Waals surface area contributed by atoms with Crippen molar-refractivity contribution < 1.29 is 27.9 Å². The molecule has 0 unspecified atom stereocenters. The minimum absolute atomic E-state index is 0.00392. The van der Waals surface area contributed by atoms with Gasteiger partial charge in [0.1, 0.15) is 5.84 Å². The second-order valence-corrected chi connectivity index (χ2v) is 5.23. The van der Waals surface area contributed by atoms with E-state index in [0.717, 1.165) is 4.31 Å². The maximum absolute atomic E-state index is 11.9. The van der Waals surface area contributed by atoms with E-state index in [0.29, 0.717) is 0 Å². The Morgan fingerprint density at radius 1 is 1.45 bits per heavy atom. The summed E-state index contributed by atoms with van der Waals surface area (Å²) < 4.78 is 35.9. The van der Waals surface area contributed by atoms with Crippen LogP contribution in [-0.4, -0.2) is 63.3 Å². The molecule has 10 nitrogen and oxygen atoms in total. The number of nitrogens with zero attached hydrogens (tertiary/aromatic N) is 2. The van der Waals surface area contributed by atoms with Gasteiger partial charge in [-0.25, -0.2) is 9.52 Å². The first-order chi connectivity index (χ1) is 9.37. The van der Waals surface area contributed by atoms with Crippen LogP contribution in [0.5, 0.6) is 0 Å². The van der Waals surface area contributed by atoms with Gasteiger partial charge < -0.3 is 20.4 Å². The molecule has 118 valence electrons. The maximum atomic E-state index is 11.9. The minimum Gasteiger partial charge on any atom is -0.449 e. The summed E-state index contributed by atoms with van der Waals surface area (Å²) in [4.78, 5) is 11.2. The van der Waals surface area contributed by atoms with Crippen LogP contribution in [0.4, 0.5) is 4.79 Å². The second-order valence-electron chi connectivity index (χ2n) is 3.56. The molecule has 0 rings (SSSR count). The Balaban J connectivity index is 4.76. The molecule has 0 aromatic carbocycles. The number of hydrogen-bond acceptors (Lipinski definition) is 7. The zero-order valence-electron chi connectivity index (χ0n) is 11.4. The highest BCUT2D eigenvalue weighted by Crippen LogP contribution is 2.01. The van der Waals surface area contributed by atoms with Crippen molar-refractivity contribution in [3.63, 3.8) is 0 Å². The van der Waals surface area contributed by atoms with Crippen LogP contribution in [0.1, 0.15) is 13.3 Å². The molecular formula is C9H20N4O6S. The van der Waals surface area contributed by atoms with E-state index in [1.807, 2.05) is 0 Å². The lowest BCUT2D eigenvalue weighted by atomic mass is 10.4. The number of rotatable bonds is 9. The van der Waals surface area contributed by atoms with Crippen molar-refractivity contribution in [3.05, 3.63) is 0 Å². The number of amidine groups is 1. The lowest BCUT2D eigenvalue weighted by Crippen LogP contribution is -2.46. The van der Waals surface area contributed by atoms with E-state index in [9.17, 15) is 13.2 Å². The standard InChI is InChI=1S/C9H20N4O6S/c1-3-19-9(14)12-20(16,17)13(6-7-18-2)5-4-8(10)11-15/h15H,3-7H2,1-2H3,(H2,10,11)(H,12,14). The van der Waals surface area contributed by atoms with Crippen molar-refractivity contribution in [2.75, 3.05) is 33.4 Å². The van der Waals surface area contributed by atoms with Crippen molar-refractivity contribution in [2.45, 2.75) is 13.3 Å². The van der Waals surface area contributed by atoms with Gasteiger partial charge in [-0.05, 0) is 6.92 Å². The summed E-state index contributed by atoms with van der Waals surface area (Å²) in [6.07, 6.45) is -1.07. The zero-order chi connectivity index (χ0) is 15.6. The quantitative estimate of drug-likeness (QED) is 0.216.